The molecule has 0 saturated carbocycles. The van der Waals surface area contributed by atoms with E-state index in [1.54, 1.807) is 14.2 Å². The first-order valence-corrected chi connectivity index (χ1v) is 9.12. The summed E-state index contributed by atoms with van der Waals surface area (Å²) in [5.74, 6) is 1.31. The van der Waals surface area contributed by atoms with Gasteiger partial charge in [0, 0.05) is 29.4 Å². The standard InChI is InChI=1S/C21H26N2O4/c1-12-19(14(3)24)13(2)22-20(12)21(25)23-10-6-7-17(23)16-9-8-15(26-4)11-18(16)27-5/h8-9,11,17,22H,6-7,10H2,1-5H3/t17-/m0/s1. The molecule has 27 heavy (non-hydrogen) atoms. The summed E-state index contributed by atoms with van der Waals surface area (Å²) in [5, 5.41) is 0. The number of hydrogen-bond donors (Lipinski definition) is 1. The van der Waals surface area contributed by atoms with Gasteiger partial charge in [0.2, 0.25) is 0 Å². The molecule has 1 N–H and O–H groups in total. The summed E-state index contributed by atoms with van der Waals surface area (Å²) in [6.07, 6.45) is 1.79. The molecule has 3 rings (SSSR count). The van der Waals surface area contributed by atoms with Crippen molar-refractivity contribution >= 4 is 11.7 Å². The third-order valence-corrected chi connectivity index (χ3v) is 5.32. The number of aromatic amines is 1. The van der Waals surface area contributed by atoms with E-state index < -0.39 is 0 Å². The molecule has 0 radical (unpaired) electrons. The van der Waals surface area contributed by atoms with Gasteiger partial charge in [-0.1, -0.05) is 0 Å². The first-order chi connectivity index (χ1) is 12.9. The van der Waals surface area contributed by atoms with Crippen LogP contribution >= 0.6 is 0 Å². The van der Waals surface area contributed by atoms with E-state index >= 15 is 0 Å². The van der Waals surface area contributed by atoms with Crippen LogP contribution in [0.4, 0.5) is 0 Å². The highest BCUT2D eigenvalue weighted by Gasteiger charge is 2.34. The average Bonchev–Trinajstić information content (AvgIpc) is 3.24. The van der Waals surface area contributed by atoms with Gasteiger partial charge in [0.05, 0.1) is 20.3 Å². The van der Waals surface area contributed by atoms with Crippen LogP contribution in [0.1, 0.15) is 63.5 Å². The fraction of sp³-hybridized carbons (Fsp3) is 0.429. The molecule has 1 amide bonds. The Kier molecular flexibility index (Phi) is 5.26. The fourth-order valence-electron chi connectivity index (χ4n) is 4.06. The van der Waals surface area contributed by atoms with Crippen molar-refractivity contribution in [2.24, 2.45) is 0 Å². The zero-order valence-electron chi connectivity index (χ0n) is 16.5. The van der Waals surface area contributed by atoms with Gasteiger partial charge in [0.15, 0.2) is 5.78 Å². The predicted molar refractivity (Wildman–Crippen MR) is 103 cm³/mol. The van der Waals surface area contributed by atoms with E-state index in [4.69, 9.17) is 9.47 Å². The van der Waals surface area contributed by atoms with E-state index in [0.717, 1.165) is 29.7 Å². The van der Waals surface area contributed by atoms with Gasteiger partial charge < -0.3 is 19.4 Å². The van der Waals surface area contributed by atoms with Crippen molar-refractivity contribution in [1.29, 1.82) is 0 Å². The number of H-pyrrole nitrogens is 1. The number of nitrogens with zero attached hydrogens (tertiary/aromatic N) is 1. The lowest BCUT2D eigenvalue weighted by Gasteiger charge is -2.26. The van der Waals surface area contributed by atoms with Crippen LogP contribution in [-0.4, -0.2) is 42.3 Å². The maximum atomic E-state index is 13.3. The Morgan fingerprint density at radius 3 is 2.52 bits per heavy atom. The molecule has 0 unspecified atom stereocenters. The average molecular weight is 370 g/mol. The van der Waals surface area contributed by atoms with Crippen molar-refractivity contribution in [2.75, 3.05) is 20.8 Å². The Balaban J connectivity index is 1.97. The van der Waals surface area contributed by atoms with Gasteiger partial charge in [-0.25, -0.2) is 0 Å². The normalized spacial score (nSPS) is 16.5. The quantitative estimate of drug-likeness (QED) is 0.812. The maximum absolute atomic E-state index is 13.3. The van der Waals surface area contributed by atoms with Crippen LogP contribution in [0.5, 0.6) is 11.5 Å². The number of ether oxygens (including phenoxy) is 2. The molecule has 1 saturated heterocycles. The van der Waals surface area contributed by atoms with E-state index in [0.29, 0.717) is 29.3 Å². The number of carbonyl (C=O) groups is 2. The van der Waals surface area contributed by atoms with E-state index in [1.165, 1.54) is 6.92 Å². The van der Waals surface area contributed by atoms with Gasteiger partial charge in [0.1, 0.15) is 17.2 Å². The summed E-state index contributed by atoms with van der Waals surface area (Å²) in [6, 6.07) is 5.62. The predicted octanol–water partition coefficient (Wildman–Crippen LogP) is 3.83. The van der Waals surface area contributed by atoms with Gasteiger partial charge in [-0.15, -0.1) is 0 Å². The Morgan fingerprint density at radius 2 is 1.93 bits per heavy atom. The Morgan fingerprint density at radius 1 is 1.19 bits per heavy atom. The van der Waals surface area contributed by atoms with Crippen molar-refractivity contribution in [2.45, 2.75) is 39.7 Å². The molecule has 144 valence electrons. The largest absolute Gasteiger partial charge is 0.497 e. The molecule has 2 heterocycles. The number of carbonyl (C=O) groups excluding carboxylic acids is 2. The monoisotopic (exact) mass is 370 g/mol. The van der Waals surface area contributed by atoms with Gasteiger partial charge in [-0.2, -0.15) is 0 Å². The summed E-state index contributed by atoms with van der Waals surface area (Å²) in [7, 11) is 3.24. The zero-order chi connectivity index (χ0) is 19.7. The number of likely N-dealkylation sites (tertiary alicyclic amines) is 1. The summed E-state index contributed by atoms with van der Waals surface area (Å²) < 4.78 is 10.8. The second kappa shape index (κ2) is 7.47. The van der Waals surface area contributed by atoms with Crippen LogP contribution < -0.4 is 9.47 Å². The number of ketones is 1. The molecule has 0 aliphatic carbocycles. The van der Waals surface area contributed by atoms with Crippen molar-refractivity contribution in [1.82, 2.24) is 9.88 Å². The molecule has 1 aromatic heterocycles. The first-order valence-electron chi connectivity index (χ1n) is 9.12. The van der Waals surface area contributed by atoms with E-state index in [1.807, 2.05) is 36.9 Å². The molecule has 0 bridgehead atoms. The number of aryl methyl sites for hydroxylation is 1. The highest BCUT2D eigenvalue weighted by Crippen LogP contribution is 2.39. The van der Waals surface area contributed by atoms with E-state index in [9.17, 15) is 9.59 Å². The summed E-state index contributed by atoms with van der Waals surface area (Å²) in [4.78, 5) is 30.2. The summed E-state index contributed by atoms with van der Waals surface area (Å²) >= 11 is 0. The lowest BCUT2D eigenvalue weighted by molar-refractivity contribution is 0.0728. The smallest absolute Gasteiger partial charge is 0.271 e. The molecule has 6 nitrogen and oxygen atoms in total. The number of methoxy groups -OCH3 is 2. The molecule has 0 spiro atoms. The number of nitrogens with one attached hydrogen (secondary N) is 1. The van der Waals surface area contributed by atoms with Crippen molar-refractivity contribution < 1.29 is 19.1 Å². The number of rotatable bonds is 5. The Labute approximate surface area is 159 Å². The van der Waals surface area contributed by atoms with Crippen LogP contribution in [0.15, 0.2) is 18.2 Å². The van der Waals surface area contributed by atoms with E-state index in [2.05, 4.69) is 4.98 Å². The lowest BCUT2D eigenvalue weighted by Crippen LogP contribution is -2.31. The number of benzene rings is 1. The summed E-state index contributed by atoms with van der Waals surface area (Å²) in [5.41, 5.74) is 3.53. The van der Waals surface area contributed by atoms with Gasteiger partial charge in [0.25, 0.3) is 5.91 Å². The molecule has 1 atom stereocenters. The second-order valence-corrected chi connectivity index (χ2v) is 6.95. The highest BCUT2D eigenvalue weighted by atomic mass is 16.5. The minimum absolute atomic E-state index is 0.0323. The van der Waals surface area contributed by atoms with E-state index in [-0.39, 0.29) is 17.7 Å². The van der Waals surface area contributed by atoms with Crippen molar-refractivity contribution in [3.8, 4) is 11.5 Å². The number of hydrogen-bond acceptors (Lipinski definition) is 4. The minimum atomic E-state index is -0.0801. The fourth-order valence-corrected chi connectivity index (χ4v) is 4.06. The van der Waals surface area contributed by atoms with Crippen molar-refractivity contribution in [3.05, 3.63) is 46.3 Å². The minimum Gasteiger partial charge on any atom is -0.497 e. The Hall–Kier alpha value is -2.76. The second-order valence-electron chi connectivity index (χ2n) is 6.95. The van der Waals surface area contributed by atoms with Crippen LogP contribution in [0.3, 0.4) is 0 Å². The number of aromatic nitrogens is 1. The maximum Gasteiger partial charge on any atom is 0.271 e. The molecular weight excluding hydrogens is 344 g/mol. The number of Topliss-reactive ketones (excluding diaryl/α,β-unsaturated/α-hetero) is 1. The first kappa shape index (κ1) is 19.0. The zero-order valence-corrected chi connectivity index (χ0v) is 16.5. The molecule has 1 fully saturated rings. The molecular formula is C21H26N2O4. The van der Waals surface area contributed by atoms with Crippen molar-refractivity contribution in [3.63, 3.8) is 0 Å². The molecule has 6 heteroatoms. The third-order valence-electron chi connectivity index (χ3n) is 5.32. The van der Waals surface area contributed by atoms with Gasteiger partial charge >= 0.3 is 0 Å². The topological polar surface area (TPSA) is 71.6 Å². The number of amides is 1. The van der Waals surface area contributed by atoms with Crippen LogP contribution in [0.2, 0.25) is 0 Å². The SMILES string of the molecule is COc1ccc([C@@H]2CCCN2C(=O)c2[nH]c(C)c(C(C)=O)c2C)c(OC)c1. The van der Waals surface area contributed by atoms with Gasteiger partial charge in [-0.05, 0) is 51.3 Å². The molecule has 1 aliphatic heterocycles. The van der Waals surface area contributed by atoms with Crippen LogP contribution in [-0.2, 0) is 0 Å². The molecule has 1 aliphatic rings. The lowest BCUT2D eigenvalue weighted by atomic mass is 10.0. The third kappa shape index (κ3) is 3.31. The van der Waals surface area contributed by atoms with Gasteiger partial charge in [-0.3, -0.25) is 9.59 Å². The Bertz CT molecular complexity index is 885. The molecule has 1 aromatic carbocycles. The van der Waals surface area contributed by atoms with Crippen LogP contribution in [0.25, 0.3) is 0 Å². The van der Waals surface area contributed by atoms with Crippen LogP contribution in [0, 0.1) is 13.8 Å². The highest BCUT2D eigenvalue weighted by molar-refractivity contribution is 6.02. The summed E-state index contributed by atoms with van der Waals surface area (Å²) in [6.45, 7) is 5.85. The molecule has 2 aromatic rings.